The first-order chi connectivity index (χ1) is 7.88. The maximum absolute atomic E-state index is 5.64. The minimum Gasteiger partial charge on any atom is -0.374 e. The van der Waals surface area contributed by atoms with Gasteiger partial charge < -0.3 is 10.1 Å². The normalized spacial score (nSPS) is 22.2. The van der Waals surface area contributed by atoms with Gasteiger partial charge in [0.15, 0.2) is 0 Å². The Morgan fingerprint density at radius 2 is 2.31 bits per heavy atom. The molecule has 0 aliphatic carbocycles. The van der Waals surface area contributed by atoms with Gasteiger partial charge in [-0.2, -0.15) is 0 Å². The molecule has 0 saturated carbocycles. The first-order valence-corrected chi connectivity index (χ1v) is 5.63. The molecule has 1 aliphatic heterocycles. The summed E-state index contributed by atoms with van der Waals surface area (Å²) in [6, 6.07) is 1.84. The first-order valence-electron chi connectivity index (χ1n) is 5.63. The number of hydrogen-bond donors (Lipinski definition) is 1. The molecular formula is C11H18N4O. The summed E-state index contributed by atoms with van der Waals surface area (Å²) in [5.41, 5.74) is 0. The Balaban J connectivity index is 1.85. The molecule has 1 unspecified atom stereocenters. The Bertz CT molecular complexity index is 304. The van der Waals surface area contributed by atoms with Gasteiger partial charge in [0.05, 0.1) is 19.3 Å². The predicted octanol–water partition coefficient (Wildman–Crippen LogP) is -0.103. The van der Waals surface area contributed by atoms with E-state index in [0.717, 1.165) is 38.6 Å². The molecule has 88 valence electrons. The molecule has 2 rings (SSSR count). The van der Waals surface area contributed by atoms with E-state index in [9.17, 15) is 0 Å². The molecule has 1 aliphatic rings. The van der Waals surface area contributed by atoms with Crippen LogP contribution in [0.3, 0.4) is 0 Å². The van der Waals surface area contributed by atoms with Crippen molar-refractivity contribution in [3.8, 4) is 0 Å². The maximum atomic E-state index is 5.64. The van der Waals surface area contributed by atoms with Crippen molar-refractivity contribution in [3.05, 3.63) is 24.3 Å². The van der Waals surface area contributed by atoms with Crippen LogP contribution in [0.15, 0.2) is 18.5 Å². The molecule has 1 aromatic rings. The molecule has 0 bridgehead atoms. The summed E-state index contributed by atoms with van der Waals surface area (Å²) >= 11 is 0. The van der Waals surface area contributed by atoms with Gasteiger partial charge in [0.2, 0.25) is 0 Å². The molecule has 0 amide bonds. The minimum atomic E-state index is 0.280. The monoisotopic (exact) mass is 222 g/mol. The number of ether oxygens (including phenoxy) is 1. The van der Waals surface area contributed by atoms with Crippen molar-refractivity contribution in [3.63, 3.8) is 0 Å². The summed E-state index contributed by atoms with van der Waals surface area (Å²) in [4.78, 5) is 10.8. The highest BCUT2D eigenvalue weighted by molar-refractivity contribution is 4.89. The zero-order valence-electron chi connectivity index (χ0n) is 9.59. The van der Waals surface area contributed by atoms with Gasteiger partial charge in [-0.05, 0) is 13.1 Å². The Morgan fingerprint density at radius 1 is 1.50 bits per heavy atom. The van der Waals surface area contributed by atoms with E-state index in [1.54, 1.807) is 12.4 Å². The van der Waals surface area contributed by atoms with Crippen LogP contribution < -0.4 is 5.32 Å². The van der Waals surface area contributed by atoms with Crippen LogP contribution in [0, 0.1) is 0 Å². The van der Waals surface area contributed by atoms with Crippen molar-refractivity contribution in [2.45, 2.75) is 12.6 Å². The van der Waals surface area contributed by atoms with Crippen LogP contribution in [0.2, 0.25) is 0 Å². The molecule has 1 atom stereocenters. The molecule has 0 spiro atoms. The average Bonchev–Trinajstić information content (AvgIpc) is 2.31. The van der Waals surface area contributed by atoms with Gasteiger partial charge in [-0.15, -0.1) is 0 Å². The largest absolute Gasteiger partial charge is 0.374 e. The third kappa shape index (κ3) is 3.23. The van der Waals surface area contributed by atoms with Crippen molar-refractivity contribution < 1.29 is 4.74 Å². The van der Waals surface area contributed by atoms with Crippen molar-refractivity contribution in [2.24, 2.45) is 0 Å². The maximum Gasteiger partial charge on any atom is 0.142 e. The SMILES string of the molecule is CNCC1CN(Cc2ncccn2)CCO1. The fraction of sp³-hybridized carbons (Fsp3) is 0.636. The van der Waals surface area contributed by atoms with Crippen molar-refractivity contribution >= 4 is 0 Å². The topological polar surface area (TPSA) is 50.3 Å². The van der Waals surface area contributed by atoms with E-state index in [1.807, 2.05) is 13.1 Å². The minimum absolute atomic E-state index is 0.280. The Kier molecular flexibility index (Phi) is 4.21. The molecule has 1 fully saturated rings. The summed E-state index contributed by atoms with van der Waals surface area (Å²) in [5, 5.41) is 3.14. The van der Waals surface area contributed by atoms with E-state index in [2.05, 4.69) is 20.2 Å². The van der Waals surface area contributed by atoms with E-state index in [4.69, 9.17) is 4.74 Å². The summed E-state index contributed by atoms with van der Waals surface area (Å²) in [7, 11) is 1.95. The van der Waals surface area contributed by atoms with Crippen LogP contribution in [0.25, 0.3) is 0 Å². The molecule has 1 aromatic heterocycles. The summed E-state index contributed by atoms with van der Waals surface area (Å²) in [5.74, 6) is 0.882. The highest BCUT2D eigenvalue weighted by Crippen LogP contribution is 2.07. The van der Waals surface area contributed by atoms with Gasteiger partial charge in [-0.1, -0.05) is 0 Å². The Labute approximate surface area is 95.8 Å². The Hall–Kier alpha value is -1.04. The molecule has 5 heteroatoms. The van der Waals surface area contributed by atoms with Gasteiger partial charge >= 0.3 is 0 Å². The quantitative estimate of drug-likeness (QED) is 0.771. The number of rotatable bonds is 4. The van der Waals surface area contributed by atoms with Crippen LogP contribution >= 0.6 is 0 Å². The number of aromatic nitrogens is 2. The molecule has 2 heterocycles. The zero-order valence-corrected chi connectivity index (χ0v) is 9.59. The van der Waals surface area contributed by atoms with Crippen LogP contribution in [-0.4, -0.2) is 54.3 Å². The second kappa shape index (κ2) is 5.89. The van der Waals surface area contributed by atoms with Crippen molar-refractivity contribution in [1.82, 2.24) is 20.2 Å². The van der Waals surface area contributed by atoms with E-state index >= 15 is 0 Å². The van der Waals surface area contributed by atoms with Gasteiger partial charge in [-0.3, -0.25) is 4.90 Å². The average molecular weight is 222 g/mol. The van der Waals surface area contributed by atoms with Crippen LogP contribution in [0.5, 0.6) is 0 Å². The van der Waals surface area contributed by atoms with Crippen molar-refractivity contribution in [2.75, 3.05) is 33.3 Å². The molecule has 1 saturated heterocycles. The van der Waals surface area contributed by atoms with E-state index < -0.39 is 0 Å². The number of nitrogens with zero attached hydrogens (tertiary/aromatic N) is 3. The highest BCUT2D eigenvalue weighted by atomic mass is 16.5. The fourth-order valence-electron chi connectivity index (χ4n) is 1.89. The number of morpholine rings is 1. The van der Waals surface area contributed by atoms with Crippen LogP contribution in [-0.2, 0) is 11.3 Å². The predicted molar refractivity (Wildman–Crippen MR) is 61.0 cm³/mol. The highest BCUT2D eigenvalue weighted by Gasteiger charge is 2.20. The number of hydrogen-bond acceptors (Lipinski definition) is 5. The second-order valence-electron chi connectivity index (χ2n) is 3.95. The standard InChI is InChI=1S/C11H18N4O/c1-12-7-10-8-15(5-6-16-10)9-11-13-3-2-4-14-11/h2-4,10,12H,5-9H2,1H3. The molecule has 0 radical (unpaired) electrons. The van der Waals surface area contributed by atoms with Crippen molar-refractivity contribution in [1.29, 1.82) is 0 Å². The first kappa shape index (κ1) is 11.4. The fourth-order valence-corrected chi connectivity index (χ4v) is 1.89. The van der Waals surface area contributed by atoms with Gasteiger partial charge in [0, 0.05) is 32.0 Å². The second-order valence-corrected chi connectivity index (χ2v) is 3.95. The third-order valence-electron chi connectivity index (χ3n) is 2.64. The molecular weight excluding hydrogens is 204 g/mol. The molecule has 0 aromatic carbocycles. The summed E-state index contributed by atoms with van der Waals surface area (Å²) < 4.78 is 5.64. The molecule has 16 heavy (non-hydrogen) atoms. The number of likely N-dealkylation sites (N-methyl/N-ethyl adjacent to an activating group) is 1. The summed E-state index contributed by atoms with van der Waals surface area (Å²) in [6.45, 7) is 4.40. The third-order valence-corrected chi connectivity index (χ3v) is 2.64. The lowest BCUT2D eigenvalue weighted by Gasteiger charge is -2.32. The molecule has 5 nitrogen and oxygen atoms in total. The lowest BCUT2D eigenvalue weighted by molar-refractivity contribution is -0.0298. The van der Waals surface area contributed by atoms with Gasteiger partial charge in [-0.25, -0.2) is 9.97 Å². The van der Waals surface area contributed by atoms with Gasteiger partial charge in [0.25, 0.3) is 0 Å². The lowest BCUT2D eigenvalue weighted by Crippen LogP contribution is -2.45. The number of nitrogens with one attached hydrogen (secondary N) is 1. The van der Waals surface area contributed by atoms with E-state index in [1.165, 1.54) is 0 Å². The smallest absolute Gasteiger partial charge is 0.142 e. The van der Waals surface area contributed by atoms with Gasteiger partial charge in [0.1, 0.15) is 5.82 Å². The lowest BCUT2D eigenvalue weighted by atomic mass is 10.2. The summed E-state index contributed by atoms with van der Waals surface area (Å²) in [6.07, 6.45) is 3.85. The molecule has 1 N–H and O–H groups in total. The van der Waals surface area contributed by atoms with E-state index in [-0.39, 0.29) is 6.10 Å². The van der Waals surface area contributed by atoms with Crippen LogP contribution in [0.1, 0.15) is 5.82 Å². The van der Waals surface area contributed by atoms with Crippen LogP contribution in [0.4, 0.5) is 0 Å². The van der Waals surface area contributed by atoms with E-state index in [0.29, 0.717) is 0 Å². The Morgan fingerprint density at radius 3 is 3.06 bits per heavy atom. The zero-order chi connectivity index (χ0) is 11.2.